The second kappa shape index (κ2) is 9.51. The number of rotatable bonds is 7. The highest BCUT2D eigenvalue weighted by Crippen LogP contribution is 2.34. The number of carbonyl (C=O) groups excluding carboxylic acids is 1. The van der Waals surface area contributed by atoms with E-state index in [2.05, 4.69) is 26.3 Å². The number of non-ortho nitro benzene ring substituents is 1. The van der Waals surface area contributed by atoms with Crippen LogP contribution in [0.1, 0.15) is 5.69 Å². The largest absolute Gasteiger partial charge is 0.455 e. The van der Waals surface area contributed by atoms with Crippen LogP contribution in [0.5, 0.6) is 11.5 Å². The lowest BCUT2D eigenvalue weighted by Crippen LogP contribution is -2.20. The molecule has 0 saturated carbocycles. The number of benzene rings is 2. The van der Waals surface area contributed by atoms with Gasteiger partial charge < -0.3 is 20.2 Å². The van der Waals surface area contributed by atoms with Gasteiger partial charge in [0.05, 0.1) is 32.5 Å². The molecule has 0 aliphatic heterocycles. The van der Waals surface area contributed by atoms with Gasteiger partial charge in [-0.2, -0.15) is 4.68 Å². The molecular formula is C18H12BrCl2N5O6. The molecule has 0 spiro atoms. The Morgan fingerprint density at radius 2 is 1.91 bits per heavy atom. The number of carbonyl (C=O) groups is 1. The van der Waals surface area contributed by atoms with Gasteiger partial charge in [-0.3, -0.25) is 14.9 Å². The maximum atomic E-state index is 12.5. The standard InChI is InChI=1S/C18H12BrCl2N5O6/c1-9-17(19)18(26(30)31)23-24(9)8-16(27)22-11-5-12(25(28)29)7-13(6-11)32-15-3-2-10(20)4-14(15)21/h2-7H,8H2,1H3,(H,22,27). The van der Waals surface area contributed by atoms with Crippen molar-refractivity contribution in [1.82, 2.24) is 9.78 Å². The van der Waals surface area contributed by atoms with E-state index in [0.29, 0.717) is 10.7 Å². The number of halogens is 3. The molecule has 0 radical (unpaired) electrons. The monoisotopic (exact) mass is 543 g/mol. The van der Waals surface area contributed by atoms with Gasteiger partial charge >= 0.3 is 5.82 Å². The second-order valence-electron chi connectivity index (χ2n) is 6.34. The van der Waals surface area contributed by atoms with Crippen molar-refractivity contribution >= 4 is 62.2 Å². The summed E-state index contributed by atoms with van der Waals surface area (Å²) in [5.41, 5.74) is 0.103. The quantitative estimate of drug-likeness (QED) is 0.305. The molecule has 32 heavy (non-hydrogen) atoms. The summed E-state index contributed by atoms with van der Waals surface area (Å²) >= 11 is 15.0. The molecule has 3 aromatic rings. The number of ether oxygens (including phenoxy) is 1. The highest BCUT2D eigenvalue weighted by Gasteiger charge is 2.25. The summed E-state index contributed by atoms with van der Waals surface area (Å²) in [6, 6.07) is 8.15. The Morgan fingerprint density at radius 3 is 2.50 bits per heavy atom. The Kier molecular flexibility index (Phi) is 6.96. The minimum atomic E-state index is -0.683. The lowest BCUT2D eigenvalue weighted by molar-refractivity contribution is -0.390. The number of nitro groups is 2. The Bertz CT molecular complexity index is 1250. The van der Waals surface area contributed by atoms with Gasteiger partial charge in [-0.05, 0) is 46.0 Å². The maximum Gasteiger partial charge on any atom is 0.404 e. The van der Waals surface area contributed by atoms with Crippen molar-refractivity contribution in [2.24, 2.45) is 0 Å². The van der Waals surface area contributed by atoms with E-state index in [-0.39, 0.29) is 38.9 Å². The predicted molar refractivity (Wildman–Crippen MR) is 120 cm³/mol. The summed E-state index contributed by atoms with van der Waals surface area (Å²) in [7, 11) is 0. The van der Waals surface area contributed by atoms with Gasteiger partial charge in [0, 0.05) is 17.2 Å². The van der Waals surface area contributed by atoms with Crippen LogP contribution in [0.25, 0.3) is 0 Å². The van der Waals surface area contributed by atoms with E-state index in [1.54, 1.807) is 6.92 Å². The third kappa shape index (κ3) is 5.33. The number of nitrogens with one attached hydrogen (secondary N) is 1. The number of nitro benzene ring substituents is 1. The average molecular weight is 545 g/mol. The molecule has 1 amide bonds. The zero-order chi connectivity index (χ0) is 23.6. The summed E-state index contributed by atoms with van der Waals surface area (Å²) in [4.78, 5) is 33.4. The molecule has 0 unspecified atom stereocenters. The average Bonchev–Trinajstić information content (AvgIpc) is 2.98. The highest BCUT2D eigenvalue weighted by molar-refractivity contribution is 9.10. The fraction of sp³-hybridized carbons (Fsp3) is 0.111. The Hall–Kier alpha value is -3.22. The van der Waals surface area contributed by atoms with Gasteiger partial charge in [0.15, 0.2) is 0 Å². The molecule has 0 aliphatic carbocycles. The normalized spacial score (nSPS) is 10.6. The smallest absolute Gasteiger partial charge is 0.404 e. The number of anilines is 1. The van der Waals surface area contributed by atoms with Gasteiger partial charge in [0.25, 0.3) is 5.69 Å². The van der Waals surface area contributed by atoms with Crippen LogP contribution < -0.4 is 10.1 Å². The van der Waals surface area contributed by atoms with E-state index in [9.17, 15) is 25.0 Å². The van der Waals surface area contributed by atoms with Crippen molar-refractivity contribution in [1.29, 1.82) is 0 Å². The molecule has 166 valence electrons. The van der Waals surface area contributed by atoms with Crippen LogP contribution in [0.2, 0.25) is 10.0 Å². The van der Waals surface area contributed by atoms with Crippen LogP contribution in [0.4, 0.5) is 17.2 Å². The predicted octanol–water partition coefficient (Wildman–Crippen LogP) is 5.51. The highest BCUT2D eigenvalue weighted by atomic mass is 79.9. The van der Waals surface area contributed by atoms with E-state index in [1.807, 2.05) is 0 Å². The van der Waals surface area contributed by atoms with E-state index in [0.717, 1.165) is 10.7 Å². The number of aromatic nitrogens is 2. The Labute approximate surface area is 198 Å². The van der Waals surface area contributed by atoms with Gasteiger partial charge in [-0.1, -0.05) is 23.2 Å². The zero-order valence-corrected chi connectivity index (χ0v) is 19.1. The summed E-state index contributed by atoms with van der Waals surface area (Å²) < 4.78 is 6.91. The molecule has 0 saturated heterocycles. The van der Waals surface area contributed by atoms with Crippen LogP contribution >= 0.6 is 39.1 Å². The number of hydrogen-bond donors (Lipinski definition) is 1. The number of amides is 1. The SMILES string of the molecule is Cc1c(Br)c([N+](=O)[O-])nn1CC(=O)Nc1cc(Oc2ccc(Cl)cc2Cl)cc([N+](=O)[O-])c1. The molecule has 1 aromatic heterocycles. The lowest BCUT2D eigenvalue weighted by atomic mass is 10.2. The molecule has 1 N–H and O–H groups in total. The Morgan fingerprint density at radius 1 is 1.19 bits per heavy atom. The fourth-order valence-electron chi connectivity index (χ4n) is 2.62. The van der Waals surface area contributed by atoms with E-state index in [4.69, 9.17) is 27.9 Å². The third-order valence-corrected chi connectivity index (χ3v) is 5.55. The fourth-order valence-corrected chi connectivity index (χ4v) is 3.50. The van der Waals surface area contributed by atoms with Gasteiger partial charge in [-0.15, -0.1) is 0 Å². The van der Waals surface area contributed by atoms with Crippen LogP contribution in [-0.2, 0) is 11.3 Å². The molecule has 0 fully saturated rings. The third-order valence-electron chi connectivity index (χ3n) is 4.09. The van der Waals surface area contributed by atoms with Crippen LogP contribution in [0.3, 0.4) is 0 Å². The first kappa shape index (κ1) is 23.4. The molecule has 1 heterocycles. The molecule has 0 atom stereocenters. The van der Waals surface area contributed by atoms with Crippen molar-refractivity contribution in [3.05, 3.63) is 76.8 Å². The second-order valence-corrected chi connectivity index (χ2v) is 7.97. The van der Waals surface area contributed by atoms with Crippen molar-refractivity contribution in [3.63, 3.8) is 0 Å². The van der Waals surface area contributed by atoms with Crippen LogP contribution in [0.15, 0.2) is 40.9 Å². The zero-order valence-electron chi connectivity index (χ0n) is 16.0. The molecule has 14 heteroatoms. The summed E-state index contributed by atoms with van der Waals surface area (Å²) in [5, 5.41) is 29.2. The summed E-state index contributed by atoms with van der Waals surface area (Å²) in [6.07, 6.45) is 0. The van der Waals surface area contributed by atoms with Gasteiger partial charge in [0.1, 0.15) is 22.5 Å². The van der Waals surface area contributed by atoms with Crippen LogP contribution in [-0.4, -0.2) is 25.5 Å². The molecule has 0 aliphatic rings. The van der Waals surface area contributed by atoms with Crippen molar-refractivity contribution < 1.29 is 19.4 Å². The molecule has 3 rings (SSSR count). The van der Waals surface area contributed by atoms with E-state index >= 15 is 0 Å². The first-order valence-corrected chi connectivity index (χ1v) is 10.2. The minimum absolute atomic E-state index is 0.0485. The Balaban J connectivity index is 1.84. The minimum Gasteiger partial charge on any atom is -0.455 e. The first-order valence-electron chi connectivity index (χ1n) is 8.64. The van der Waals surface area contributed by atoms with Crippen molar-refractivity contribution in [2.75, 3.05) is 5.32 Å². The van der Waals surface area contributed by atoms with Gasteiger partial charge in [0.2, 0.25) is 5.91 Å². The van der Waals surface area contributed by atoms with E-state index in [1.165, 1.54) is 30.3 Å². The van der Waals surface area contributed by atoms with Crippen LogP contribution in [0, 0.1) is 27.2 Å². The number of nitrogens with zero attached hydrogens (tertiary/aromatic N) is 4. The first-order chi connectivity index (χ1) is 15.0. The summed E-state index contributed by atoms with van der Waals surface area (Å²) in [6.45, 7) is 1.19. The summed E-state index contributed by atoms with van der Waals surface area (Å²) in [5.74, 6) is -0.791. The molecule has 0 bridgehead atoms. The molecule has 11 nitrogen and oxygen atoms in total. The topological polar surface area (TPSA) is 142 Å². The number of hydrogen-bond acceptors (Lipinski definition) is 7. The van der Waals surface area contributed by atoms with E-state index < -0.39 is 21.6 Å². The molecule has 2 aromatic carbocycles. The van der Waals surface area contributed by atoms with Crippen molar-refractivity contribution in [2.45, 2.75) is 13.5 Å². The lowest BCUT2D eigenvalue weighted by Gasteiger charge is -2.10. The van der Waals surface area contributed by atoms with Crippen molar-refractivity contribution in [3.8, 4) is 11.5 Å². The van der Waals surface area contributed by atoms with Gasteiger partial charge in [-0.25, -0.2) is 0 Å². The molecular weight excluding hydrogens is 533 g/mol. The maximum absolute atomic E-state index is 12.5.